The van der Waals surface area contributed by atoms with Gasteiger partial charge in [0, 0.05) is 38.8 Å². The first-order chi connectivity index (χ1) is 11.8. The molecule has 0 amide bonds. The van der Waals surface area contributed by atoms with Gasteiger partial charge in [0.15, 0.2) is 0 Å². The molecule has 126 valence electrons. The highest BCUT2D eigenvalue weighted by atomic mass is 19.1. The van der Waals surface area contributed by atoms with E-state index in [4.69, 9.17) is 0 Å². The van der Waals surface area contributed by atoms with E-state index in [9.17, 15) is 4.39 Å². The van der Waals surface area contributed by atoms with Crippen LogP contribution in [-0.2, 0) is 13.1 Å². The lowest BCUT2D eigenvalue weighted by molar-refractivity contribution is 0.123. The van der Waals surface area contributed by atoms with Crippen LogP contribution >= 0.6 is 0 Å². The zero-order chi connectivity index (χ0) is 16.4. The van der Waals surface area contributed by atoms with Crippen LogP contribution in [-0.4, -0.2) is 35.5 Å². The molecule has 0 aromatic heterocycles. The zero-order valence-electron chi connectivity index (χ0n) is 14.1. The molecule has 24 heavy (non-hydrogen) atoms. The van der Waals surface area contributed by atoms with E-state index in [-0.39, 0.29) is 5.82 Å². The fourth-order valence-corrected chi connectivity index (χ4v) is 4.26. The van der Waals surface area contributed by atoms with Crippen molar-refractivity contribution >= 4 is 0 Å². The summed E-state index contributed by atoms with van der Waals surface area (Å²) in [6.45, 7) is 5.50. The average Bonchev–Trinajstić information content (AvgIpc) is 2.88. The van der Waals surface area contributed by atoms with Crippen molar-refractivity contribution in [3.05, 3.63) is 71.5 Å². The largest absolute Gasteiger partial charge is 0.297 e. The van der Waals surface area contributed by atoms with Crippen molar-refractivity contribution in [3.8, 4) is 0 Å². The number of halogens is 1. The van der Waals surface area contributed by atoms with E-state index < -0.39 is 0 Å². The second-order valence-corrected chi connectivity index (χ2v) is 7.33. The van der Waals surface area contributed by atoms with Crippen molar-refractivity contribution in [2.24, 2.45) is 5.92 Å². The monoisotopic (exact) mass is 324 g/mol. The molecular weight excluding hydrogens is 299 g/mol. The smallest absolute Gasteiger partial charge is 0.123 e. The Hall–Kier alpha value is -1.71. The van der Waals surface area contributed by atoms with Crippen LogP contribution in [0.3, 0.4) is 0 Å². The number of rotatable bonds is 4. The Morgan fingerprint density at radius 3 is 2.33 bits per heavy atom. The molecule has 2 atom stereocenters. The Labute approximate surface area is 143 Å². The van der Waals surface area contributed by atoms with Crippen LogP contribution in [0, 0.1) is 11.7 Å². The quantitative estimate of drug-likeness (QED) is 0.841. The highest BCUT2D eigenvalue weighted by Gasteiger charge is 2.34. The second kappa shape index (κ2) is 7.04. The molecule has 3 heteroatoms. The van der Waals surface area contributed by atoms with Gasteiger partial charge in [-0.25, -0.2) is 4.39 Å². The van der Waals surface area contributed by atoms with Gasteiger partial charge in [-0.1, -0.05) is 42.5 Å². The molecule has 2 bridgehead atoms. The van der Waals surface area contributed by atoms with Crippen molar-refractivity contribution in [2.45, 2.75) is 32.0 Å². The van der Waals surface area contributed by atoms with E-state index in [0.717, 1.165) is 25.6 Å². The Bertz CT molecular complexity index is 655. The van der Waals surface area contributed by atoms with Gasteiger partial charge < -0.3 is 0 Å². The number of hydrogen-bond donors (Lipinski definition) is 0. The summed E-state index contributed by atoms with van der Waals surface area (Å²) in [7, 11) is 0. The molecular formula is C21H25FN2. The maximum Gasteiger partial charge on any atom is 0.123 e. The number of piperidine rings is 1. The van der Waals surface area contributed by atoms with Crippen LogP contribution in [0.5, 0.6) is 0 Å². The van der Waals surface area contributed by atoms with E-state index in [1.165, 1.54) is 37.1 Å². The van der Waals surface area contributed by atoms with Gasteiger partial charge in [0.2, 0.25) is 0 Å². The average molecular weight is 324 g/mol. The number of benzene rings is 2. The van der Waals surface area contributed by atoms with Gasteiger partial charge in [0.1, 0.15) is 5.82 Å². The minimum atomic E-state index is -0.149. The van der Waals surface area contributed by atoms with Crippen LogP contribution in [0.2, 0.25) is 0 Å². The van der Waals surface area contributed by atoms with Gasteiger partial charge in [-0.05, 0) is 42.0 Å². The molecule has 3 fully saturated rings. The molecule has 3 saturated heterocycles. The first-order valence-corrected chi connectivity index (χ1v) is 9.01. The number of nitrogens with zero attached hydrogens (tertiary/aromatic N) is 2. The lowest BCUT2D eigenvalue weighted by Crippen LogP contribution is -2.43. The Morgan fingerprint density at radius 2 is 1.54 bits per heavy atom. The summed E-state index contributed by atoms with van der Waals surface area (Å²) in [5.41, 5.74) is 2.63. The maximum absolute atomic E-state index is 13.1. The van der Waals surface area contributed by atoms with E-state index in [1.54, 1.807) is 12.1 Å². The summed E-state index contributed by atoms with van der Waals surface area (Å²) >= 11 is 0. The Kier molecular flexibility index (Phi) is 4.63. The highest BCUT2D eigenvalue weighted by molar-refractivity contribution is 5.17. The molecule has 0 spiro atoms. The molecule has 3 aliphatic heterocycles. The molecule has 5 rings (SSSR count). The molecule has 0 N–H and O–H groups in total. The van der Waals surface area contributed by atoms with E-state index in [1.807, 2.05) is 12.1 Å². The third-order valence-corrected chi connectivity index (χ3v) is 5.45. The normalized spacial score (nSPS) is 24.9. The molecule has 0 aliphatic carbocycles. The fourth-order valence-electron chi connectivity index (χ4n) is 4.26. The van der Waals surface area contributed by atoms with Crippen LogP contribution in [0.15, 0.2) is 54.6 Å². The molecule has 0 unspecified atom stereocenters. The Morgan fingerprint density at radius 1 is 0.792 bits per heavy atom. The highest BCUT2D eigenvalue weighted by Crippen LogP contribution is 2.30. The second-order valence-electron chi connectivity index (χ2n) is 7.33. The molecule has 2 nitrogen and oxygen atoms in total. The molecule has 0 radical (unpaired) electrons. The summed E-state index contributed by atoms with van der Waals surface area (Å²) in [4.78, 5) is 5.24. The lowest BCUT2D eigenvalue weighted by Gasteiger charge is -2.36. The minimum Gasteiger partial charge on any atom is -0.297 e. The predicted octanol–water partition coefficient (Wildman–Crippen LogP) is 3.92. The first-order valence-electron chi connectivity index (χ1n) is 9.01. The van der Waals surface area contributed by atoms with E-state index in [0.29, 0.717) is 6.04 Å². The number of fused-ring (bicyclic) bond motifs is 4. The summed E-state index contributed by atoms with van der Waals surface area (Å²) < 4.78 is 13.1. The van der Waals surface area contributed by atoms with Gasteiger partial charge in [-0.3, -0.25) is 9.80 Å². The van der Waals surface area contributed by atoms with Crippen molar-refractivity contribution in [2.75, 3.05) is 19.6 Å². The van der Waals surface area contributed by atoms with Gasteiger partial charge in [0.25, 0.3) is 0 Å². The van der Waals surface area contributed by atoms with Crippen LogP contribution < -0.4 is 0 Å². The minimum absolute atomic E-state index is 0.149. The van der Waals surface area contributed by atoms with Crippen molar-refractivity contribution in [1.82, 2.24) is 9.80 Å². The first kappa shape index (κ1) is 15.8. The molecule has 2 aromatic carbocycles. The Balaban J connectivity index is 1.43. The van der Waals surface area contributed by atoms with Gasteiger partial charge in [-0.2, -0.15) is 0 Å². The molecule has 3 heterocycles. The van der Waals surface area contributed by atoms with Gasteiger partial charge in [-0.15, -0.1) is 0 Å². The standard InChI is InChI=1S/C21H25FN2/c22-20-9-6-18(7-10-20)12-23-13-19-8-11-21(16-23)24(15-19)14-17-4-2-1-3-5-17/h1-7,9-10,19,21H,8,11-16H2/t19-,21+/m0/s1. The SMILES string of the molecule is Fc1ccc(CN2C[C@@H]3CC[C@H](C2)N(Cc2ccccc2)C3)cc1. The summed E-state index contributed by atoms with van der Waals surface area (Å²) in [6, 6.07) is 18.4. The van der Waals surface area contributed by atoms with Crippen LogP contribution in [0.1, 0.15) is 24.0 Å². The fraction of sp³-hybridized carbons (Fsp3) is 0.429. The maximum atomic E-state index is 13.1. The third-order valence-electron chi connectivity index (χ3n) is 5.45. The zero-order valence-corrected chi connectivity index (χ0v) is 14.1. The van der Waals surface area contributed by atoms with Crippen molar-refractivity contribution < 1.29 is 4.39 Å². The van der Waals surface area contributed by atoms with Crippen LogP contribution in [0.4, 0.5) is 4.39 Å². The third kappa shape index (κ3) is 3.68. The summed E-state index contributed by atoms with van der Waals surface area (Å²) in [5.74, 6) is 0.608. The van der Waals surface area contributed by atoms with Gasteiger partial charge >= 0.3 is 0 Å². The van der Waals surface area contributed by atoms with E-state index >= 15 is 0 Å². The lowest BCUT2D eigenvalue weighted by atomic mass is 9.94. The van der Waals surface area contributed by atoms with Crippen molar-refractivity contribution in [1.29, 1.82) is 0 Å². The van der Waals surface area contributed by atoms with Crippen molar-refractivity contribution in [3.63, 3.8) is 0 Å². The molecule has 3 aliphatic rings. The predicted molar refractivity (Wildman–Crippen MR) is 95.0 cm³/mol. The van der Waals surface area contributed by atoms with Crippen LogP contribution in [0.25, 0.3) is 0 Å². The summed E-state index contributed by atoms with van der Waals surface area (Å²) in [5, 5.41) is 0. The topological polar surface area (TPSA) is 6.48 Å². The molecule has 2 aromatic rings. The molecule has 0 saturated carbocycles. The van der Waals surface area contributed by atoms with E-state index in [2.05, 4.69) is 40.1 Å². The number of hydrogen-bond acceptors (Lipinski definition) is 2. The van der Waals surface area contributed by atoms with Gasteiger partial charge in [0.05, 0.1) is 0 Å². The summed E-state index contributed by atoms with van der Waals surface area (Å²) in [6.07, 6.45) is 2.65.